The van der Waals surface area contributed by atoms with E-state index in [1.165, 1.54) is 19.1 Å². The fourth-order valence-corrected chi connectivity index (χ4v) is 4.36. The molecule has 0 spiro atoms. The van der Waals surface area contributed by atoms with E-state index in [-0.39, 0.29) is 4.90 Å². The molecule has 162 valence electrons. The maximum Gasteiger partial charge on any atom is 0.241 e. The van der Waals surface area contributed by atoms with E-state index in [9.17, 15) is 13.2 Å². The molecule has 0 saturated heterocycles. The zero-order chi connectivity index (χ0) is 22.3. The number of nitrogens with one attached hydrogen (secondary N) is 2. The van der Waals surface area contributed by atoms with Gasteiger partial charge < -0.3 is 10.1 Å². The predicted octanol–water partition coefficient (Wildman–Crippen LogP) is 3.66. The van der Waals surface area contributed by atoms with Gasteiger partial charge in [-0.3, -0.25) is 4.79 Å². The first-order valence-corrected chi connectivity index (χ1v) is 11.5. The Bertz CT molecular complexity index is 1050. The van der Waals surface area contributed by atoms with Crippen molar-refractivity contribution >= 4 is 15.9 Å². The lowest BCUT2D eigenvalue weighted by atomic mass is 9.98. The maximum absolute atomic E-state index is 12.9. The first-order valence-electron chi connectivity index (χ1n) is 10.1. The van der Waals surface area contributed by atoms with Gasteiger partial charge >= 0.3 is 0 Å². The van der Waals surface area contributed by atoms with Gasteiger partial charge in [-0.2, -0.15) is 4.72 Å². The van der Waals surface area contributed by atoms with Crippen molar-refractivity contribution in [2.24, 2.45) is 0 Å². The van der Waals surface area contributed by atoms with E-state index in [1.54, 1.807) is 12.1 Å². The largest absolute Gasteiger partial charge is 0.494 e. The third-order valence-corrected chi connectivity index (χ3v) is 6.28. The first kappa shape index (κ1) is 22.5. The molecule has 0 bridgehead atoms. The number of amides is 1. The molecule has 0 aliphatic carbocycles. The smallest absolute Gasteiger partial charge is 0.241 e. The lowest BCUT2D eigenvalue weighted by molar-refractivity contribution is -0.122. The topological polar surface area (TPSA) is 84.5 Å². The van der Waals surface area contributed by atoms with Crippen LogP contribution in [-0.4, -0.2) is 27.0 Å². The fourth-order valence-electron chi connectivity index (χ4n) is 3.15. The highest BCUT2D eigenvalue weighted by atomic mass is 32.2. The number of benzene rings is 3. The number of carbonyl (C=O) groups is 1. The maximum atomic E-state index is 12.9. The van der Waals surface area contributed by atoms with Gasteiger partial charge in [0.2, 0.25) is 15.9 Å². The molecule has 0 aliphatic heterocycles. The minimum atomic E-state index is -3.87. The first-order chi connectivity index (χ1) is 14.9. The third-order valence-electron chi connectivity index (χ3n) is 4.72. The summed E-state index contributed by atoms with van der Waals surface area (Å²) in [6, 6.07) is 23.8. The van der Waals surface area contributed by atoms with Crippen LogP contribution < -0.4 is 14.8 Å². The van der Waals surface area contributed by atoms with Crippen molar-refractivity contribution in [1.29, 1.82) is 0 Å². The quantitative estimate of drug-likeness (QED) is 0.534. The van der Waals surface area contributed by atoms with E-state index in [2.05, 4.69) is 10.0 Å². The second kappa shape index (κ2) is 10.2. The van der Waals surface area contributed by atoms with Crippen molar-refractivity contribution in [2.75, 3.05) is 6.61 Å². The van der Waals surface area contributed by atoms with Gasteiger partial charge in [0.1, 0.15) is 5.75 Å². The summed E-state index contributed by atoms with van der Waals surface area (Å²) >= 11 is 0. The van der Waals surface area contributed by atoms with Gasteiger partial charge in [-0.1, -0.05) is 60.7 Å². The van der Waals surface area contributed by atoms with Gasteiger partial charge in [0.05, 0.1) is 23.6 Å². The van der Waals surface area contributed by atoms with Crippen LogP contribution in [0.1, 0.15) is 31.0 Å². The molecule has 31 heavy (non-hydrogen) atoms. The number of ether oxygens (including phenoxy) is 1. The molecular weight excluding hydrogens is 412 g/mol. The van der Waals surface area contributed by atoms with E-state index < -0.39 is 28.0 Å². The fraction of sp³-hybridized carbons (Fsp3) is 0.208. The van der Waals surface area contributed by atoms with Crippen LogP contribution in [0.25, 0.3) is 0 Å². The van der Waals surface area contributed by atoms with Crippen LogP contribution in [0.5, 0.6) is 5.75 Å². The van der Waals surface area contributed by atoms with E-state index in [1.807, 2.05) is 67.6 Å². The van der Waals surface area contributed by atoms with E-state index in [4.69, 9.17) is 4.74 Å². The number of hydrogen-bond acceptors (Lipinski definition) is 4. The van der Waals surface area contributed by atoms with Gasteiger partial charge in [-0.25, -0.2) is 8.42 Å². The number of sulfonamides is 1. The van der Waals surface area contributed by atoms with E-state index in [0.717, 1.165) is 11.1 Å². The molecule has 3 rings (SSSR count). The Morgan fingerprint density at radius 1 is 0.871 bits per heavy atom. The SMILES string of the molecule is CCOc1ccc(S(=O)(=O)N[C@@H](C)C(=O)NC(c2ccccc2)c2ccccc2)cc1. The molecule has 2 N–H and O–H groups in total. The lowest BCUT2D eigenvalue weighted by Gasteiger charge is -2.22. The normalized spacial score (nSPS) is 12.4. The minimum Gasteiger partial charge on any atom is -0.494 e. The van der Waals surface area contributed by atoms with E-state index >= 15 is 0 Å². The molecule has 0 radical (unpaired) electrons. The summed E-state index contributed by atoms with van der Waals surface area (Å²) < 4.78 is 33.2. The van der Waals surface area contributed by atoms with Crippen molar-refractivity contribution in [3.8, 4) is 5.75 Å². The van der Waals surface area contributed by atoms with Gasteiger partial charge in [0, 0.05) is 0 Å². The average molecular weight is 439 g/mol. The van der Waals surface area contributed by atoms with Crippen LogP contribution in [0.2, 0.25) is 0 Å². The van der Waals surface area contributed by atoms with Crippen LogP contribution >= 0.6 is 0 Å². The van der Waals surface area contributed by atoms with Crippen molar-refractivity contribution in [2.45, 2.75) is 30.8 Å². The summed E-state index contributed by atoms with van der Waals surface area (Å²) in [7, 11) is -3.87. The van der Waals surface area contributed by atoms with E-state index in [0.29, 0.717) is 12.4 Å². The summed E-state index contributed by atoms with van der Waals surface area (Å²) in [4.78, 5) is 13.0. The van der Waals surface area contributed by atoms with Crippen LogP contribution in [0.4, 0.5) is 0 Å². The Hall–Kier alpha value is -3.16. The zero-order valence-electron chi connectivity index (χ0n) is 17.5. The molecule has 0 aliphatic rings. The average Bonchev–Trinajstić information content (AvgIpc) is 2.79. The molecule has 3 aromatic carbocycles. The molecule has 0 heterocycles. The Balaban J connectivity index is 1.74. The van der Waals surface area contributed by atoms with Crippen molar-refractivity contribution in [3.63, 3.8) is 0 Å². The molecule has 0 unspecified atom stereocenters. The number of hydrogen-bond donors (Lipinski definition) is 2. The van der Waals surface area contributed by atoms with Crippen LogP contribution in [0, 0.1) is 0 Å². The summed E-state index contributed by atoms with van der Waals surface area (Å²) in [6.45, 7) is 3.87. The standard InChI is InChI=1S/C24H26N2O4S/c1-3-30-21-14-16-22(17-15-21)31(28,29)26-18(2)24(27)25-23(19-10-6-4-7-11-19)20-12-8-5-9-13-20/h4-18,23,26H,3H2,1-2H3,(H,25,27)/t18-/m0/s1. The zero-order valence-corrected chi connectivity index (χ0v) is 18.3. The molecule has 1 amide bonds. The summed E-state index contributed by atoms with van der Waals surface area (Å²) in [5, 5.41) is 2.96. The van der Waals surface area contributed by atoms with Crippen molar-refractivity contribution < 1.29 is 17.9 Å². The monoisotopic (exact) mass is 438 g/mol. The highest BCUT2D eigenvalue weighted by Crippen LogP contribution is 2.22. The summed E-state index contributed by atoms with van der Waals surface area (Å²) in [6.07, 6.45) is 0. The molecular formula is C24H26N2O4S. The second-order valence-electron chi connectivity index (χ2n) is 7.01. The predicted molar refractivity (Wildman–Crippen MR) is 120 cm³/mol. The lowest BCUT2D eigenvalue weighted by Crippen LogP contribution is -2.46. The Kier molecular flexibility index (Phi) is 7.44. The third kappa shape index (κ3) is 5.93. The summed E-state index contributed by atoms with van der Waals surface area (Å²) in [5.41, 5.74) is 1.81. The van der Waals surface area contributed by atoms with Crippen molar-refractivity contribution in [3.05, 3.63) is 96.1 Å². The van der Waals surface area contributed by atoms with Crippen LogP contribution in [-0.2, 0) is 14.8 Å². The second-order valence-corrected chi connectivity index (χ2v) is 8.72. The molecule has 0 saturated carbocycles. The van der Waals surface area contributed by atoms with Crippen LogP contribution in [0.3, 0.4) is 0 Å². The number of rotatable bonds is 9. The molecule has 6 nitrogen and oxygen atoms in total. The molecule has 3 aromatic rings. The molecule has 0 aromatic heterocycles. The van der Waals surface area contributed by atoms with Gasteiger partial charge in [0.25, 0.3) is 0 Å². The highest BCUT2D eigenvalue weighted by Gasteiger charge is 2.25. The minimum absolute atomic E-state index is 0.0678. The highest BCUT2D eigenvalue weighted by molar-refractivity contribution is 7.89. The van der Waals surface area contributed by atoms with Gasteiger partial charge in [0.15, 0.2) is 0 Å². The molecule has 0 fully saturated rings. The summed E-state index contributed by atoms with van der Waals surface area (Å²) in [5.74, 6) is 0.160. The van der Waals surface area contributed by atoms with Crippen LogP contribution in [0.15, 0.2) is 89.8 Å². The van der Waals surface area contributed by atoms with Crippen molar-refractivity contribution in [1.82, 2.24) is 10.0 Å². The Morgan fingerprint density at radius 2 is 1.39 bits per heavy atom. The van der Waals surface area contributed by atoms with Gasteiger partial charge in [-0.15, -0.1) is 0 Å². The Labute approximate surface area is 183 Å². The Morgan fingerprint density at radius 3 is 1.87 bits per heavy atom. The number of carbonyl (C=O) groups excluding carboxylic acids is 1. The molecule has 1 atom stereocenters. The van der Waals surface area contributed by atoms with Gasteiger partial charge in [-0.05, 0) is 49.2 Å². The molecule has 7 heteroatoms.